The molecule has 3 rings (SSSR count). The van der Waals surface area contributed by atoms with Crippen molar-refractivity contribution in [2.24, 2.45) is 0 Å². The third kappa shape index (κ3) is 2.54. The van der Waals surface area contributed by atoms with Crippen LogP contribution in [0.4, 0.5) is 22.4 Å². The van der Waals surface area contributed by atoms with Gasteiger partial charge in [0, 0.05) is 17.3 Å². The molecule has 120 valence electrons. The molecular weight excluding hydrogens is 338 g/mol. The molecular formula is C13H7F4N3O2S. The van der Waals surface area contributed by atoms with Gasteiger partial charge >= 0.3 is 18.3 Å². The highest BCUT2D eigenvalue weighted by Gasteiger charge is 2.36. The van der Waals surface area contributed by atoms with Gasteiger partial charge in [-0.25, -0.2) is 14.3 Å². The third-order valence-electron chi connectivity index (χ3n) is 3.10. The van der Waals surface area contributed by atoms with Crippen molar-refractivity contribution in [1.29, 1.82) is 0 Å². The molecule has 0 aromatic carbocycles. The zero-order chi connectivity index (χ0) is 16.8. The third-order valence-corrected chi connectivity index (χ3v) is 4.06. The lowest BCUT2D eigenvalue weighted by molar-refractivity contribution is -0.133. The molecule has 0 atom stereocenters. The molecule has 0 saturated heterocycles. The first-order chi connectivity index (χ1) is 10.8. The van der Waals surface area contributed by atoms with E-state index in [0.717, 1.165) is 24.1 Å². The van der Waals surface area contributed by atoms with Crippen LogP contribution in [0.3, 0.4) is 0 Å². The molecule has 0 N–H and O–H groups in total. The van der Waals surface area contributed by atoms with Crippen LogP contribution in [0.15, 0.2) is 23.8 Å². The van der Waals surface area contributed by atoms with Crippen molar-refractivity contribution in [2.75, 3.05) is 7.11 Å². The number of aromatic nitrogens is 3. The average Bonchev–Trinajstić information content (AvgIpc) is 3.09. The molecule has 0 saturated carbocycles. The minimum atomic E-state index is -4.57. The van der Waals surface area contributed by atoms with Crippen LogP contribution in [-0.4, -0.2) is 27.7 Å². The number of ether oxygens (including phenoxy) is 1. The SMILES string of the molecule is COC(=O)n1cc(-c2ccsc2C(F)(F)F)c2nc(F)ncc21. The number of hydrogen-bond acceptors (Lipinski definition) is 5. The normalized spacial score (nSPS) is 11.9. The first-order valence-corrected chi connectivity index (χ1v) is 6.98. The minimum absolute atomic E-state index is 0.0275. The van der Waals surface area contributed by atoms with Crippen LogP contribution in [0.2, 0.25) is 0 Å². The fourth-order valence-corrected chi connectivity index (χ4v) is 2.95. The Bertz CT molecular complexity index is 900. The van der Waals surface area contributed by atoms with Gasteiger partial charge in [-0.05, 0) is 11.4 Å². The van der Waals surface area contributed by atoms with Gasteiger partial charge in [0.25, 0.3) is 0 Å². The van der Waals surface area contributed by atoms with Crippen LogP contribution in [0, 0.1) is 6.08 Å². The summed E-state index contributed by atoms with van der Waals surface area (Å²) in [5.74, 6) is 0. The fourth-order valence-electron chi connectivity index (χ4n) is 2.18. The summed E-state index contributed by atoms with van der Waals surface area (Å²) in [5, 5.41) is 1.26. The zero-order valence-corrected chi connectivity index (χ0v) is 12.2. The van der Waals surface area contributed by atoms with Gasteiger partial charge in [-0.15, -0.1) is 11.3 Å². The number of hydrogen-bond donors (Lipinski definition) is 0. The smallest absolute Gasteiger partial charge is 0.426 e. The van der Waals surface area contributed by atoms with Gasteiger partial charge in [0.1, 0.15) is 10.4 Å². The molecule has 0 amide bonds. The molecule has 23 heavy (non-hydrogen) atoms. The van der Waals surface area contributed by atoms with Crippen LogP contribution in [0.5, 0.6) is 0 Å². The van der Waals surface area contributed by atoms with E-state index >= 15 is 0 Å². The Morgan fingerprint density at radius 1 is 1.35 bits per heavy atom. The zero-order valence-electron chi connectivity index (χ0n) is 11.4. The summed E-state index contributed by atoms with van der Waals surface area (Å²) in [6.45, 7) is 0. The summed E-state index contributed by atoms with van der Waals surface area (Å²) >= 11 is 0.500. The first-order valence-electron chi connectivity index (χ1n) is 6.10. The van der Waals surface area contributed by atoms with Crippen molar-refractivity contribution in [2.45, 2.75) is 6.18 Å². The van der Waals surface area contributed by atoms with E-state index in [1.54, 1.807) is 0 Å². The Labute approximate surface area is 130 Å². The Kier molecular flexibility index (Phi) is 3.55. The molecule has 0 spiro atoms. The van der Waals surface area contributed by atoms with Crippen molar-refractivity contribution in [1.82, 2.24) is 14.5 Å². The Morgan fingerprint density at radius 3 is 2.74 bits per heavy atom. The summed E-state index contributed by atoms with van der Waals surface area (Å²) in [6.07, 6.45) is -4.39. The molecule has 0 aliphatic rings. The number of alkyl halides is 3. The molecule has 3 aromatic heterocycles. The number of halogens is 4. The topological polar surface area (TPSA) is 57.0 Å². The summed E-state index contributed by atoms with van der Waals surface area (Å²) in [5.41, 5.74) is -0.270. The van der Waals surface area contributed by atoms with Gasteiger partial charge < -0.3 is 4.74 Å². The van der Waals surface area contributed by atoms with Gasteiger partial charge in [0.15, 0.2) is 0 Å². The highest BCUT2D eigenvalue weighted by atomic mass is 32.1. The van der Waals surface area contributed by atoms with E-state index in [0.29, 0.717) is 11.3 Å². The minimum Gasteiger partial charge on any atom is -0.452 e. The van der Waals surface area contributed by atoms with Gasteiger partial charge in [-0.3, -0.25) is 0 Å². The Morgan fingerprint density at radius 2 is 2.09 bits per heavy atom. The van der Waals surface area contributed by atoms with Crippen LogP contribution in [-0.2, 0) is 10.9 Å². The molecule has 0 fully saturated rings. The van der Waals surface area contributed by atoms with Crippen molar-refractivity contribution in [3.05, 3.63) is 34.8 Å². The van der Waals surface area contributed by atoms with E-state index in [1.165, 1.54) is 11.4 Å². The van der Waals surface area contributed by atoms with E-state index in [2.05, 4.69) is 14.7 Å². The number of nitrogens with zero attached hydrogens (tertiary/aromatic N) is 3. The maximum atomic E-state index is 13.3. The van der Waals surface area contributed by atoms with Gasteiger partial charge in [-0.2, -0.15) is 22.5 Å². The second-order valence-electron chi connectivity index (χ2n) is 4.42. The molecule has 0 unspecified atom stereocenters. The van der Waals surface area contributed by atoms with Crippen LogP contribution in [0.1, 0.15) is 4.88 Å². The maximum Gasteiger partial charge on any atom is 0.426 e. The van der Waals surface area contributed by atoms with Crippen molar-refractivity contribution in [3.8, 4) is 11.1 Å². The number of carbonyl (C=O) groups is 1. The highest BCUT2D eigenvalue weighted by molar-refractivity contribution is 7.10. The highest BCUT2D eigenvalue weighted by Crippen LogP contribution is 2.42. The molecule has 0 aliphatic carbocycles. The van der Waals surface area contributed by atoms with Crippen LogP contribution >= 0.6 is 11.3 Å². The molecule has 0 bridgehead atoms. The summed E-state index contributed by atoms with van der Waals surface area (Å²) in [7, 11) is 1.12. The van der Waals surface area contributed by atoms with Crippen LogP contribution in [0.25, 0.3) is 22.2 Å². The number of methoxy groups -OCH3 is 1. The number of carbonyl (C=O) groups excluding carboxylic acids is 1. The van der Waals surface area contributed by atoms with Crippen molar-refractivity contribution in [3.63, 3.8) is 0 Å². The molecule has 0 aliphatic heterocycles. The maximum absolute atomic E-state index is 13.3. The number of thiophene rings is 1. The molecule has 5 nitrogen and oxygen atoms in total. The second kappa shape index (κ2) is 5.30. The summed E-state index contributed by atoms with van der Waals surface area (Å²) < 4.78 is 58.1. The van der Waals surface area contributed by atoms with E-state index in [9.17, 15) is 22.4 Å². The van der Waals surface area contributed by atoms with E-state index in [4.69, 9.17) is 0 Å². The predicted octanol–water partition coefficient (Wildman–Crippen LogP) is 3.93. The van der Waals surface area contributed by atoms with Crippen molar-refractivity contribution >= 4 is 28.5 Å². The van der Waals surface area contributed by atoms with Crippen LogP contribution < -0.4 is 0 Å². The van der Waals surface area contributed by atoms with Gasteiger partial charge in [0.2, 0.25) is 0 Å². The summed E-state index contributed by atoms with van der Waals surface area (Å²) in [6, 6.07) is 1.24. The molecule has 3 aromatic rings. The second-order valence-corrected chi connectivity index (χ2v) is 5.33. The molecule has 3 heterocycles. The van der Waals surface area contributed by atoms with Crippen molar-refractivity contribution < 1.29 is 27.1 Å². The molecule has 10 heteroatoms. The molecule has 0 radical (unpaired) electrons. The Balaban J connectivity index is 2.32. The first kappa shape index (κ1) is 15.4. The average molecular weight is 345 g/mol. The fraction of sp³-hybridized carbons (Fsp3) is 0.154. The van der Waals surface area contributed by atoms with E-state index < -0.39 is 23.2 Å². The lowest BCUT2D eigenvalue weighted by Gasteiger charge is -2.06. The van der Waals surface area contributed by atoms with Gasteiger partial charge in [0.05, 0.1) is 18.8 Å². The van der Waals surface area contributed by atoms with E-state index in [1.807, 2.05) is 0 Å². The monoisotopic (exact) mass is 345 g/mol. The van der Waals surface area contributed by atoms with E-state index in [-0.39, 0.29) is 22.2 Å². The number of fused-ring (bicyclic) bond motifs is 1. The lowest BCUT2D eigenvalue weighted by atomic mass is 10.1. The standard InChI is InChI=1S/C13H7F4N3O2S/c1-22-12(21)20-5-7(9-8(20)4-18-11(14)19-9)6-2-3-23-10(6)13(15,16)17/h2-5H,1H3. The predicted molar refractivity (Wildman–Crippen MR) is 73.6 cm³/mol. The lowest BCUT2D eigenvalue weighted by Crippen LogP contribution is -2.10. The largest absolute Gasteiger partial charge is 0.452 e. The summed E-state index contributed by atoms with van der Waals surface area (Å²) in [4.78, 5) is 17.7. The number of rotatable bonds is 1. The quantitative estimate of drug-likeness (QED) is 0.495. The van der Waals surface area contributed by atoms with Gasteiger partial charge in [-0.1, -0.05) is 0 Å². The Hall–Kier alpha value is -2.49.